The van der Waals surface area contributed by atoms with Crippen molar-refractivity contribution < 1.29 is 0 Å². The average Bonchev–Trinajstić information content (AvgIpc) is 3.61. The highest BCUT2D eigenvalue weighted by Gasteiger charge is 2.24. The van der Waals surface area contributed by atoms with E-state index in [1.54, 1.807) is 0 Å². The van der Waals surface area contributed by atoms with Crippen LogP contribution in [0.2, 0.25) is 0 Å². The maximum Gasteiger partial charge on any atom is 0.0624 e. The first-order valence-corrected chi connectivity index (χ1v) is 18.6. The lowest BCUT2D eigenvalue weighted by Gasteiger charge is -2.31. The number of hydrogen-bond acceptors (Lipinski definition) is 2. The van der Waals surface area contributed by atoms with E-state index in [0.717, 1.165) is 11.4 Å². The highest BCUT2D eigenvalue weighted by molar-refractivity contribution is 7.26. The fraction of sp³-hybridized carbons (Fsp3) is 0. The Balaban J connectivity index is 1.23. The summed E-state index contributed by atoms with van der Waals surface area (Å²) in [6.07, 6.45) is 0. The molecule has 1 heterocycles. The van der Waals surface area contributed by atoms with Crippen molar-refractivity contribution >= 4 is 70.1 Å². The molecule has 52 heavy (non-hydrogen) atoms. The number of thiophene rings is 1. The first-order valence-electron chi connectivity index (χ1n) is 17.8. The molecule has 0 aliphatic carbocycles. The molecule has 0 N–H and O–H groups in total. The molecule has 9 aromatic carbocycles. The summed E-state index contributed by atoms with van der Waals surface area (Å²) in [5, 5.41) is 7.58. The topological polar surface area (TPSA) is 3.24 Å². The molecule has 0 bridgehead atoms. The summed E-state index contributed by atoms with van der Waals surface area (Å²) in [7, 11) is 0. The molecule has 0 amide bonds. The number of para-hydroxylation sites is 1. The van der Waals surface area contributed by atoms with Crippen molar-refractivity contribution in [3.8, 4) is 33.4 Å². The van der Waals surface area contributed by atoms with Gasteiger partial charge in [0.1, 0.15) is 0 Å². The lowest BCUT2D eigenvalue weighted by atomic mass is 9.89. The number of fused-ring (bicyclic) bond motifs is 6. The molecule has 0 aliphatic heterocycles. The van der Waals surface area contributed by atoms with Gasteiger partial charge in [0, 0.05) is 42.5 Å². The summed E-state index contributed by atoms with van der Waals surface area (Å²) < 4.78 is 2.65. The van der Waals surface area contributed by atoms with Crippen LogP contribution in [0.4, 0.5) is 17.1 Å². The lowest BCUT2D eigenvalue weighted by molar-refractivity contribution is 1.30. The molecule has 2 heteroatoms. The molecule has 0 fully saturated rings. The molecule has 0 radical (unpaired) electrons. The van der Waals surface area contributed by atoms with E-state index >= 15 is 0 Å². The highest BCUT2D eigenvalue weighted by Crippen LogP contribution is 2.50. The molecule has 10 aromatic rings. The van der Waals surface area contributed by atoms with E-state index in [-0.39, 0.29) is 0 Å². The number of rotatable bonds is 6. The second-order valence-electron chi connectivity index (χ2n) is 13.3. The number of hydrogen-bond donors (Lipinski definition) is 0. The molecule has 1 nitrogen and oxygen atoms in total. The number of nitrogens with zero attached hydrogens (tertiary/aromatic N) is 1. The van der Waals surface area contributed by atoms with E-state index in [0.29, 0.717) is 0 Å². The largest absolute Gasteiger partial charge is 0.309 e. The smallest absolute Gasteiger partial charge is 0.0624 e. The predicted molar refractivity (Wildman–Crippen MR) is 225 cm³/mol. The molecule has 10 rings (SSSR count). The quantitative estimate of drug-likeness (QED) is 0.158. The van der Waals surface area contributed by atoms with Crippen LogP contribution in [0, 0.1) is 0 Å². The van der Waals surface area contributed by atoms with Gasteiger partial charge < -0.3 is 4.90 Å². The minimum atomic E-state index is 1.11. The molecule has 1 aromatic heterocycles. The third-order valence-electron chi connectivity index (χ3n) is 10.2. The van der Waals surface area contributed by atoms with E-state index < -0.39 is 0 Å². The van der Waals surface area contributed by atoms with Crippen LogP contribution < -0.4 is 4.90 Å². The Hall–Kier alpha value is -6.48. The first-order chi connectivity index (χ1) is 25.8. The standard InChI is InChI=1S/C50H33NS/c1-3-15-34(16-4-1)36-17-13-18-37(33-36)48-44-24-9-7-21-41(44)42-22-8-10-25-45(42)49(48)51(38-19-5-2-6-20-38)39-31-29-35(30-32-39)40-26-14-27-46-43-23-11-12-28-47(43)52-50(40)46/h1-33H. The maximum absolute atomic E-state index is 2.46. The van der Waals surface area contributed by atoms with Gasteiger partial charge in [-0.25, -0.2) is 0 Å². The average molecular weight is 680 g/mol. The maximum atomic E-state index is 2.46. The second-order valence-corrected chi connectivity index (χ2v) is 14.3. The molecule has 0 aliphatic rings. The van der Waals surface area contributed by atoms with Crippen molar-refractivity contribution in [2.24, 2.45) is 0 Å². The summed E-state index contributed by atoms with van der Waals surface area (Å²) in [6.45, 7) is 0. The normalized spacial score (nSPS) is 11.5. The summed E-state index contributed by atoms with van der Waals surface area (Å²) in [5.74, 6) is 0. The third-order valence-corrected chi connectivity index (χ3v) is 11.5. The zero-order chi connectivity index (χ0) is 34.4. The molecule has 0 saturated heterocycles. The summed E-state index contributed by atoms with van der Waals surface area (Å²) in [4.78, 5) is 2.46. The predicted octanol–water partition coefficient (Wildman–Crippen LogP) is 14.8. The number of benzene rings is 9. The minimum Gasteiger partial charge on any atom is -0.309 e. The molecule has 0 saturated carbocycles. The van der Waals surface area contributed by atoms with Gasteiger partial charge in [-0.2, -0.15) is 0 Å². The SMILES string of the molecule is c1ccc(-c2cccc(-c3c(N(c4ccccc4)c4ccc(-c5cccc6c5sc5ccccc56)cc4)c4ccccc4c4ccccc34)c2)cc1. The van der Waals surface area contributed by atoms with Crippen molar-refractivity contribution in [1.82, 2.24) is 0 Å². The Morgan fingerprint density at radius 2 is 0.865 bits per heavy atom. The lowest BCUT2D eigenvalue weighted by Crippen LogP contribution is -2.12. The van der Waals surface area contributed by atoms with Crippen LogP contribution in [-0.4, -0.2) is 0 Å². The van der Waals surface area contributed by atoms with Crippen LogP contribution in [0.15, 0.2) is 200 Å². The summed E-state index contributed by atoms with van der Waals surface area (Å²) in [5.41, 5.74) is 10.7. The molecule has 0 atom stereocenters. The molecule has 0 spiro atoms. The van der Waals surface area contributed by atoms with Crippen molar-refractivity contribution in [3.63, 3.8) is 0 Å². The fourth-order valence-corrected chi connectivity index (χ4v) is 9.12. The van der Waals surface area contributed by atoms with Gasteiger partial charge in [0.05, 0.1) is 5.69 Å². The van der Waals surface area contributed by atoms with E-state index in [1.165, 1.54) is 80.8 Å². The monoisotopic (exact) mass is 679 g/mol. The van der Waals surface area contributed by atoms with E-state index in [2.05, 4.69) is 205 Å². The Labute approximate surface area is 307 Å². The summed E-state index contributed by atoms with van der Waals surface area (Å²) in [6, 6.07) is 72.9. The van der Waals surface area contributed by atoms with Crippen molar-refractivity contribution in [1.29, 1.82) is 0 Å². The van der Waals surface area contributed by atoms with Gasteiger partial charge in [0.15, 0.2) is 0 Å². The molecule has 244 valence electrons. The zero-order valence-corrected chi connectivity index (χ0v) is 29.2. The first kappa shape index (κ1) is 30.4. The van der Waals surface area contributed by atoms with Gasteiger partial charge in [-0.3, -0.25) is 0 Å². The van der Waals surface area contributed by atoms with Crippen molar-refractivity contribution in [2.75, 3.05) is 4.90 Å². The Bertz CT molecular complexity index is 2890. The van der Waals surface area contributed by atoms with E-state index in [9.17, 15) is 0 Å². The van der Waals surface area contributed by atoms with Gasteiger partial charge in [-0.05, 0) is 80.4 Å². The van der Waals surface area contributed by atoms with Crippen LogP contribution in [0.5, 0.6) is 0 Å². The minimum absolute atomic E-state index is 1.11. The highest BCUT2D eigenvalue weighted by atomic mass is 32.1. The van der Waals surface area contributed by atoms with Crippen LogP contribution in [-0.2, 0) is 0 Å². The molecule has 0 unspecified atom stereocenters. The zero-order valence-electron chi connectivity index (χ0n) is 28.4. The van der Waals surface area contributed by atoms with Crippen molar-refractivity contribution in [3.05, 3.63) is 200 Å². The molecular weight excluding hydrogens is 647 g/mol. The van der Waals surface area contributed by atoms with Gasteiger partial charge in [0.2, 0.25) is 0 Å². The van der Waals surface area contributed by atoms with Crippen LogP contribution in [0.25, 0.3) is 75.1 Å². The van der Waals surface area contributed by atoms with Crippen LogP contribution in [0.1, 0.15) is 0 Å². The second kappa shape index (κ2) is 12.7. The summed E-state index contributed by atoms with van der Waals surface area (Å²) >= 11 is 1.88. The Kier molecular flexibility index (Phi) is 7.41. The number of anilines is 3. The fourth-order valence-electron chi connectivity index (χ4n) is 7.88. The third kappa shape index (κ3) is 5.07. The Morgan fingerprint density at radius 3 is 1.63 bits per heavy atom. The van der Waals surface area contributed by atoms with Gasteiger partial charge in [0.25, 0.3) is 0 Å². The van der Waals surface area contributed by atoms with Crippen LogP contribution >= 0.6 is 11.3 Å². The van der Waals surface area contributed by atoms with Gasteiger partial charge in [-0.15, -0.1) is 11.3 Å². The van der Waals surface area contributed by atoms with Crippen molar-refractivity contribution in [2.45, 2.75) is 0 Å². The van der Waals surface area contributed by atoms with Crippen LogP contribution in [0.3, 0.4) is 0 Å². The molecular formula is C50H33NS. The Morgan fingerprint density at radius 1 is 0.327 bits per heavy atom. The van der Waals surface area contributed by atoms with E-state index in [1.807, 2.05) is 11.3 Å². The van der Waals surface area contributed by atoms with Gasteiger partial charge in [-0.1, -0.05) is 164 Å². The van der Waals surface area contributed by atoms with E-state index in [4.69, 9.17) is 0 Å². The van der Waals surface area contributed by atoms with Gasteiger partial charge >= 0.3 is 0 Å².